The maximum Gasteiger partial charge on any atom is 0.323 e. The Morgan fingerprint density at radius 1 is 0.947 bits per heavy atom. The van der Waals surface area contributed by atoms with Crippen molar-refractivity contribution in [3.05, 3.63) is 66.9 Å². The molecule has 1 aliphatic rings. The molecule has 0 unspecified atom stereocenters. The fourth-order valence-electron chi connectivity index (χ4n) is 4.17. The zero-order valence-corrected chi connectivity index (χ0v) is 23.2. The molecular formula is C29H33N5O3Si. The van der Waals surface area contributed by atoms with Gasteiger partial charge < -0.3 is 25.4 Å². The van der Waals surface area contributed by atoms with E-state index < -0.39 is 8.07 Å². The van der Waals surface area contributed by atoms with Crippen LogP contribution in [0.15, 0.2) is 66.9 Å². The summed E-state index contributed by atoms with van der Waals surface area (Å²) in [6.07, 6.45) is 4.20. The number of carbonyl (C=O) groups excluding carboxylic acids is 1. The Kier molecular flexibility index (Phi) is 7.19. The highest BCUT2D eigenvalue weighted by Crippen LogP contribution is 2.34. The number of nitrogens with one attached hydrogen (secondary N) is 3. The Hall–Kier alpha value is -4.11. The van der Waals surface area contributed by atoms with Crippen LogP contribution in [0, 0.1) is 5.92 Å². The summed E-state index contributed by atoms with van der Waals surface area (Å²) in [7, 11) is 0.0345. The zero-order valence-electron chi connectivity index (χ0n) is 22.2. The minimum absolute atomic E-state index is 0.350. The Morgan fingerprint density at radius 3 is 2.42 bits per heavy atom. The van der Waals surface area contributed by atoms with Gasteiger partial charge in [0.25, 0.3) is 0 Å². The Balaban J connectivity index is 1.35. The van der Waals surface area contributed by atoms with Gasteiger partial charge in [0.2, 0.25) is 11.8 Å². The molecule has 2 amide bonds. The highest BCUT2D eigenvalue weighted by atomic mass is 28.3. The second-order valence-electron chi connectivity index (χ2n) is 10.5. The molecule has 0 radical (unpaired) electrons. The van der Waals surface area contributed by atoms with E-state index in [2.05, 4.69) is 51.6 Å². The number of hydrogen-bond acceptors (Lipinski definition) is 6. The van der Waals surface area contributed by atoms with E-state index in [0.717, 1.165) is 23.2 Å². The van der Waals surface area contributed by atoms with E-state index in [0.29, 0.717) is 34.7 Å². The number of nitrogens with zero attached hydrogens (tertiary/aromatic N) is 2. The summed E-state index contributed by atoms with van der Waals surface area (Å²) in [6.45, 7) is 7.67. The van der Waals surface area contributed by atoms with Gasteiger partial charge in [0.1, 0.15) is 11.5 Å². The van der Waals surface area contributed by atoms with E-state index in [-0.39, 0.29) is 6.03 Å². The van der Waals surface area contributed by atoms with Crippen molar-refractivity contribution < 1.29 is 14.3 Å². The number of fused-ring (bicyclic) bond motifs is 1. The third kappa shape index (κ3) is 6.05. The summed E-state index contributed by atoms with van der Waals surface area (Å²) in [5, 5.41) is 12.2. The van der Waals surface area contributed by atoms with Gasteiger partial charge in [-0.2, -0.15) is 4.98 Å². The van der Waals surface area contributed by atoms with Crippen molar-refractivity contribution in [1.82, 2.24) is 9.97 Å². The number of rotatable bonds is 9. The molecule has 1 aliphatic carbocycles. The zero-order chi connectivity index (χ0) is 26.7. The molecule has 3 aromatic carbocycles. The molecule has 9 heteroatoms. The Labute approximate surface area is 223 Å². The second kappa shape index (κ2) is 10.7. The van der Waals surface area contributed by atoms with E-state index in [1.165, 1.54) is 18.0 Å². The van der Waals surface area contributed by atoms with E-state index in [1.807, 2.05) is 48.5 Å². The van der Waals surface area contributed by atoms with Crippen molar-refractivity contribution in [2.24, 2.45) is 5.92 Å². The third-order valence-electron chi connectivity index (χ3n) is 6.54. The normalized spacial score (nSPS) is 13.2. The van der Waals surface area contributed by atoms with Crippen LogP contribution in [-0.4, -0.2) is 37.7 Å². The van der Waals surface area contributed by atoms with Gasteiger partial charge in [-0.15, -0.1) is 0 Å². The van der Waals surface area contributed by atoms with Gasteiger partial charge in [0, 0.05) is 29.6 Å². The van der Waals surface area contributed by atoms with E-state index in [9.17, 15) is 4.79 Å². The SMILES string of the molecule is COc1ccc([Si](C)(C)C)cc1NC(=O)Nc1ccc(Oc2ccnc(NCC3CC3)n2)c2ccccc12. The molecule has 4 aromatic rings. The number of carbonyl (C=O) groups is 1. The quantitative estimate of drug-likeness (QED) is 0.217. The van der Waals surface area contributed by atoms with Crippen LogP contribution in [0.2, 0.25) is 19.6 Å². The lowest BCUT2D eigenvalue weighted by atomic mass is 10.1. The molecule has 0 aliphatic heterocycles. The maximum atomic E-state index is 13.1. The lowest BCUT2D eigenvalue weighted by Gasteiger charge is -2.20. The smallest absolute Gasteiger partial charge is 0.323 e. The minimum atomic E-state index is -1.57. The number of benzene rings is 3. The molecular weight excluding hydrogens is 494 g/mol. The van der Waals surface area contributed by atoms with Crippen LogP contribution in [0.1, 0.15) is 12.8 Å². The van der Waals surface area contributed by atoms with Crippen molar-refractivity contribution in [2.75, 3.05) is 29.6 Å². The molecule has 38 heavy (non-hydrogen) atoms. The molecule has 3 N–H and O–H groups in total. The van der Waals surface area contributed by atoms with Gasteiger partial charge in [0.15, 0.2) is 0 Å². The molecule has 1 heterocycles. The molecule has 5 rings (SSSR count). The largest absolute Gasteiger partial charge is 0.495 e. The van der Waals surface area contributed by atoms with E-state index in [1.54, 1.807) is 19.4 Å². The topological polar surface area (TPSA) is 97.4 Å². The van der Waals surface area contributed by atoms with Crippen molar-refractivity contribution in [2.45, 2.75) is 32.5 Å². The second-order valence-corrected chi connectivity index (χ2v) is 15.6. The van der Waals surface area contributed by atoms with E-state index in [4.69, 9.17) is 9.47 Å². The Bertz CT molecular complexity index is 1470. The third-order valence-corrected chi connectivity index (χ3v) is 8.58. The van der Waals surface area contributed by atoms with Gasteiger partial charge >= 0.3 is 6.03 Å². The first-order chi connectivity index (χ1) is 18.3. The predicted molar refractivity (Wildman–Crippen MR) is 156 cm³/mol. The molecule has 1 fully saturated rings. The number of ether oxygens (including phenoxy) is 2. The number of aromatic nitrogens is 2. The average Bonchev–Trinajstić information content (AvgIpc) is 3.73. The fraction of sp³-hybridized carbons (Fsp3) is 0.276. The molecule has 8 nitrogen and oxygen atoms in total. The molecule has 0 atom stereocenters. The van der Waals surface area contributed by atoms with Gasteiger partial charge in [-0.25, -0.2) is 9.78 Å². The van der Waals surface area contributed by atoms with Crippen LogP contribution < -0.4 is 30.6 Å². The minimum Gasteiger partial charge on any atom is -0.495 e. The first-order valence-corrected chi connectivity index (χ1v) is 16.3. The summed E-state index contributed by atoms with van der Waals surface area (Å²) in [4.78, 5) is 21.9. The lowest BCUT2D eigenvalue weighted by Crippen LogP contribution is -2.37. The maximum absolute atomic E-state index is 13.1. The van der Waals surface area contributed by atoms with Crippen LogP contribution in [0.4, 0.5) is 22.1 Å². The van der Waals surface area contributed by atoms with Gasteiger partial charge in [-0.05, 0) is 43.0 Å². The van der Waals surface area contributed by atoms with Crippen molar-refractivity contribution >= 4 is 47.4 Å². The van der Waals surface area contributed by atoms with Crippen LogP contribution in [0.3, 0.4) is 0 Å². The summed E-state index contributed by atoms with van der Waals surface area (Å²) >= 11 is 0. The van der Waals surface area contributed by atoms with Crippen LogP contribution >= 0.6 is 0 Å². The van der Waals surface area contributed by atoms with Gasteiger partial charge in [0.05, 0.1) is 26.6 Å². The van der Waals surface area contributed by atoms with E-state index >= 15 is 0 Å². The van der Waals surface area contributed by atoms with Crippen molar-refractivity contribution in [3.8, 4) is 17.4 Å². The van der Waals surface area contributed by atoms with Crippen molar-refractivity contribution in [3.63, 3.8) is 0 Å². The van der Waals surface area contributed by atoms with Crippen molar-refractivity contribution in [1.29, 1.82) is 0 Å². The number of methoxy groups -OCH3 is 1. The van der Waals surface area contributed by atoms with Crippen LogP contribution in [0.25, 0.3) is 10.8 Å². The highest BCUT2D eigenvalue weighted by molar-refractivity contribution is 6.88. The van der Waals surface area contributed by atoms with Crippen LogP contribution in [0.5, 0.6) is 17.4 Å². The van der Waals surface area contributed by atoms with Gasteiger partial charge in [-0.1, -0.05) is 55.2 Å². The molecule has 0 saturated heterocycles. The summed E-state index contributed by atoms with van der Waals surface area (Å²) in [5.74, 6) is 2.99. The highest BCUT2D eigenvalue weighted by Gasteiger charge is 2.21. The molecule has 196 valence electrons. The summed E-state index contributed by atoms with van der Waals surface area (Å²) in [6, 6.07) is 18.8. The molecule has 0 bridgehead atoms. The number of urea groups is 1. The lowest BCUT2D eigenvalue weighted by molar-refractivity contribution is 0.262. The average molecular weight is 528 g/mol. The van der Waals surface area contributed by atoms with Gasteiger partial charge in [-0.3, -0.25) is 0 Å². The Morgan fingerprint density at radius 2 is 1.68 bits per heavy atom. The molecule has 1 aromatic heterocycles. The van der Waals surface area contributed by atoms with Crippen LogP contribution in [-0.2, 0) is 0 Å². The monoisotopic (exact) mass is 527 g/mol. The fourth-order valence-corrected chi connectivity index (χ4v) is 5.33. The summed E-state index contributed by atoms with van der Waals surface area (Å²) < 4.78 is 11.6. The standard InChI is InChI=1S/C29H33N5O3Si/c1-36-26-13-11-20(38(2,3)4)17-24(26)33-29(35)32-23-12-14-25(22-8-6-5-7-21(22)23)37-27-15-16-30-28(34-27)31-18-19-9-10-19/h5-8,11-17,19H,9-10,18H2,1-4H3,(H,30,31,34)(H2,32,33,35). The number of hydrogen-bond donors (Lipinski definition) is 3. The number of anilines is 3. The molecule has 1 saturated carbocycles. The first-order valence-electron chi connectivity index (χ1n) is 12.8. The molecule has 0 spiro atoms. The predicted octanol–water partition coefficient (Wildman–Crippen LogP) is 6.44. The first kappa shape index (κ1) is 25.5. The summed E-state index contributed by atoms with van der Waals surface area (Å²) in [5.41, 5.74) is 1.31. The number of amides is 2.